The molecule has 140 valence electrons. The van der Waals surface area contributed by atoms with E-state index < -0.39 is 0 Å². The molecule has 0 bridgehead atoms. The van der Waals surface area contributed by atoms with Gasteiger partial charge in [-0.2, -0.15) is 0 Å². The van der Waals surface area contributed by atoms with Crippen molar-refractivity contribution in [1.29, 1.82) is 0 Å². The molecule has 1 aromatic rings. The molecule has 3 aliphatic heterocycles. The van der Waals surface area contributed by atoms with Crippen molar-refractivity contribution in [3.8, 4) is 5.75 Å². The van der Waals surface area contributed by atoms with Gasteiger partial charge >= 0.3 is 0 Å². The van der Waals surface area contributed by atoms with Crippen molar-refractivity contribution in [3.05, 3.63) is 29.8 Å². The van der Waals surface area contributed by atoms with Crippen LogP contribution in [0.3, 0.4) is 0 Å². The summed E-state index contributed by atoms with van der Waals surface area (Å²) in [5, 5.41) is 3.24. The van der Waals surface area contributed by atoms with E-state index in [4.69, 9.17) is 9.47 Å². The molecule has 2 saturated heterocycles. The lowest BCUT2D eigenvalue weighted by molar-refractivity contribution is -0.133. The lowest BCUT2D eigenvalue weighted by atomic mass is 9.80. The number of carbonyl (C=O) groups is 2. The van der Waals surface area contributed by atoms with Crippen LogP contribution in [0.5, 0.6) is 5.75 Å². The lowest BCUT2D eigenvalue weighted by Crippen LogP contribution is -2.53. The molecule has 0 aliphatic carbocycles. The maximum absolute atomic E-state index is 12.7. The Bertz CT molecular complexity index is 691. The fourth-order valence-corrected chi connectivity index (χ4v) is 4.31. The topological polar surface area (TPSA) is 67.9 Å². The molecule has 6 nitrogen and oxygen atoms in total. The SMILES string of the molecule is CC(=O)N1CCC2(CC1)C[C@H](NC(=O)[C@@H]1CCOC1)c1ccccc1O2. The van der Waals surface area contributed by atoms with E-state index in [1.54, 1.807) is 6.92 Å². The van der Waals surface area contributed by atoms with Gasteiger partial charge in [0.05, 0.1) is 18.6 Å². The summed E-state index contributed by atoms with van der Waals surface area (Å²) < 4.78 is 11.8. The Hall–Kier alpha value is -2.08. The van der Waals surface area contributed by atoms with E-state index in [-0.39, 0.29) is 29.4 Å². The van der Waals surface area contributed by atoms with Crippen molar-refractivity contribution < 1.29 is 19.1 Å². The van der Waals surface area contributed by atoms with Crippen LogP contribution in [-0.2, 0) is 14.3 Å². The highest BCUT2D eigenvalue weighted by molar-refractivity contribution is 5.79. The van der Waals surface area contributed by atoms with E-state index in [9.17, 15) is 9.59 Å². The molecule has 1 N–H and O–H groups in total. The predicted molar refractivity (Wildman–Crippen MR) is 95.7 cm³/mol. The minimum absolute atomic E-state index is 0.0551. The Balaban J connectivity index is 1.53. The summed E-state index contributed by atoms with van der Waals surface area (Å²) in [4.78, 5) is 26.2. The molecule has 3 heterocycles. The van der Waals surface area contributed by atoms with Gasteiger partial charge < -0.3 is 19.7 Å². The summed E-state index contributed by atoms with van der Waals surface area (Å²) in [6.07, 6.45) is 3.12. The highest BCUT2D eigenvalue weighted by atomic mass is 16.5. The predicted octanol–water partition coefficient (Wildman–Crippen LogP) is 2.04. The molecule has 1 aromatic carbocycles. The molecule has 0 radical (unpaired) electrons. The summed E-state index contributed by atoms with van der Waals surface area (Å²) in [6.45, 7) is 4.19. The van der Waals surface area contributed by atoms with Gasteiger partial charge in [-0.1, -0.05) is 18.2 Å². The van der Waals surface area contributed by atoms with Crippen molar-refractivity contribution in [2.24, 2.45) is 5.92 Å². The third kappa shape index (κ3) is 3.30. The van der Waals surface area contributed by atoms with Crippen LogP contribution in [0.15, 0.2) is 24.3 Å². The molecular weight excluding hydrogens is 332 g/mol. The minimum Gasteiger partial charge on any atom is -0.487 e. The van der Waals surface area contributed by atoms with Crippen molar-refractivity contribution in [2.45, 2.75) is 44.2 Å². The van der Waals surface area contributed by atoms with Gasteiger partial charge in [-0.25, -0.2) is 0 Å². The van der Waals surface area contributed by atoms with Gasteiger partial charge in [0.25, 0.3) is 0 Å². The molecular formula is C20H26N2O4. The van der Waals surface area contributed by atoms with Gasteiger partial charge in [0.15, 0.2) is 0 Å². The molecule has 26 heavy (non-hydrogen) atoms. The second kappa shape index (κ2) is 6.91. The Labute approximate surface area is 153 Å². The monoisotopic (exact) mass is 358 g/mol. The number of carbonyl (C=O) groups excluding carboxylic acids is 2. The zero-order valence-electron chi connectivity index (χ0n) is 15.2. The number of nitrogens with one attached hydrogen (secondary N) is 1. The number of rotatable bonds is 2. The molecule has 2 amide bonds. The van der Waals surface area contributed by atoms with Gasteiger partial charge in [-0.15, -0.1) is 0 Å². The number of fused-ring (bicyclic) bond motifs is 1. The first kappa shape index (κ1) is 17.3. The zero-order chi connectivity index (χ0) is 18.1. The first-order chi connectivity index (χ1) is 12.6. The maximum Gasteiger partial charge on any atom is 0.226 e. The van der Waals surface area contributed by atoms with E-state index in [0.29, 0.717) is 26.3 Å². The number of amides is 2. The van der Waals surface area contributed by atoms with E-state index in [1.165, 1.54) is 0 Å². The molecule has 3 aliphatic rings. The molecule has 6 heteroatoms. The fourth-order valence-electron chi connectivity index (χ4n) is 4.31. The van der Waals surface area contributed by atoms with Gasteiger partial charge in [0, 0.05) is 51.4 Å². The van der Waals surface area contributed by atoms with E-state index in [2.05, 4.69) is 5.32 Å². The van der Waals surface area contributed by atoms with E-state index in [1.807, 2.05) is 29.2 Å². The highest BCUT2D eigenvalue weighted by Crippen LogP contribution is 2.44. The Morgan fingerprint density at radius 3 is 2.69 bits per heavy atom. The Morgan fingerprint density at radius 2 is 2.00 bits per heavy atom. The number of piperidine rings is 1. The van der Waals surface area contributed by atoms with Crippen LogP contribution in [0.4, 0.5) is 0 Å². The lowest BCUT2D eigenvalue weighted by Gasteiger charge is -2.47. The van der Waals surface area contributed by atoms with Gasteiger partial charge in [-0.05, 0) is 12.5 Å². The average molecular weight is 358 g/mol. The normalized spacial score (nSPS) is 26.9. The molecule has 4 rings (SSSR count). The van der Waals surface area contributed by atoms with E-state index >= 15 is 0 Å². The number of para-hydroxylation sites is 1. The summed E-state index contributed by atoms with van der Waals surface area (Å²) >= 11 is 0. The second-order valence-electron chi connectivity index (χ2n) is 7.65. The molecule has 0 saturated carbocycles. The quantitative estimate of drug-likeness (QED) is 0.879. The minimum atomic E-state index is -0.315. The average Bonchev–Trinajstić information content (AvgIpc) is 3.17. The Kier molecular flexibility index (Phi) is 4.61. The zero-order valence-corrected chi connectivity index (χ0v) is 15.2. The number of likely N-dealkylation sites (tertiary alicyclic amines) is 1. The highest BCUT2D eigenvalue weighted by Gasteiger charge is 2.44. The van der Waals surface area contributed by atoms with Crippen LogP contribution in [0.25, 0.3) is 0 Å². The smallest absolute Gasteiger partial charge is 0.226 e. The van der Waals surface area contributed by atoms with Crippen LogP contribution < -0.4 is 10.1 Å². The van der Waals surface area contributed by atoms with Crippen LogP contribution in [0.1, 0.15) is 44.2 Å². The van der Waals surface area contributed by atoms with Gasteiger partial charge in [0.2, 0.25) is 11.8 Å². The molecule has 2 atom stereocenters. The van der Waals surface area contributed by atoms with Crippen LogP contribution in [-0.4, -0.2) is 48.6 Å². The van der Waals surface area contributed by atoms with Gasteiger partial charge in [0.1, 0.15) is 11.4 Å². The summed E-state index contributed by atoms with van der Waals surface area (Å²) in [6, 6.07) is 7.90. The number of nitrogens with zero attached hydrogens (tertiary/aromatic N) is 1. The van der Waals surface area contributed by atoms with Crippen LogP contribution in [0, 0.1) is 5.92 Å². The Morgan fingerprint density at radius 1 is 1.23 bits per heavy atom. The largest absolute Gasteiger partial charge is 0.487 e. The second-order valence-corrected chi connectivity index (χ2v) is 7.65. The first-order valence-electron chi connectivity index (χ1n) is 9.48. The summed E-state index contributed by atoms with van der Waals surface area (Å²) in [5.74, 6) is 0.978. The number of benzene rings is 1. The van der Waals surface area contributed by atoms with Crippen molar-refractivity contribution in [1.82, 2.24) is 10.2 Å². The molecule has 1 spiro atoms. The van der Waals surface area contributed by atoms with Gasteiger partial charge in [-0.3, -0.25) is 9.59 Å². The molecule has 2 fully saturated rings. The third-order valence-electron chi connectivity index (χ3n) is 5.93. The van der Waals surface area contributed by atoms with E-state index in [0.717, 1.165) is 37.0 Å². The summed E-state index contributed by atoms with van der Waals surface area (Å²) in [5.41, 5.74) is 0.726. The summed E-state index contributed by atoms with van der Waals surface area (Å²) in [7, 11) is 0. The first-order valence-corrected chi connectivity index (χ1v) is 9.48. The molecule has 0 aromatic heterocycles. The van der Waals surface area contributed by atoms with Crippen molar-refractivity contribution >= 4 is 11.8 Å². The van der Waals surface area contributed by atoms with Crippen molar-refractivity contribution in [2.75, 3.05) is 26.3 Å². The fraction of sp³-hybridized carbons (Fsp3) is 0.600. The van der Waals surface area contributed by atoms with Crippen molar-refractivity contribution in [3.63, 3.8) is 0 Å². The van der Waals surface area contributed by atoms with Crippen LogP contribution in [0.2, 0.25) is 0 Å². The number of hydrogen-bond acceptors (Lipinski definition) is 4. The number of ether oxygens (including phenoxy) is 2. The van der Waals surface area contributed by atoms with Crippen LogP contribution >= 0.6 is 0 Å². The number of hydrogen-bond donors (Lipinski definition) is 1. The maximum atomic E-state index is 12.7. The standard InChI is InChI=1S/C20H26N2O4/c1-14(23)22-9-7-20(8-10-22)12-17(16-4-2-3-5-18(16)26-20)21-19(24)15-6-11-25-13-15/h2-5,15,17H,6-13H2,1H3,(H,21,24)/t15-,17+/m1/s1. The third-order valence-corrected chi connectivity index (χ3v) is 5.93. The molecule has 0 unspecified atom stereocenters.